The largest absolute Gasteiger partial charge is 0.478 e. The highest BCUT2D eigenvalue weighted by Crippen LogP contribution is 2.27. The van der Waals surface area contributed by atoms with E-state index in [0.29, 0.717) is 0 Å². The molecule has 0 aromatic heterocycles. The number of carbonyl (C=O) groups is 1. The van der Waals surface area contributed by atoms with Gasteiger partial charge in [0.1, 0.15) is 11.6 Å². The Bertz CT molecular complexity index is 686. The second-order valence-corrected chi connectivity index (χ2v) is 4.09. The van der Waals surface area contributed by atoms with E-state index in [0.717, 1.165) is 30.3 Å². The van der Waals surface area contributed by atoms with Crippen LogP contribution in [0.4, 0.5) is 14.5 Å². The van der Waals surface area contributed by atoms with Gasteiger partial charge >= 0.3 is 5.69 Å². The molecule has 0 radical (unpaired) electrons. The maximum Gasteiger partial charge on any atom is 0.311 e. The van der Waals surface area contributed by atoms with Crippen molar-refractivity contribution in [3.63, 3.8) is 0 Å². The summed E-state index contributed by atoms with van der Waals surface area (Å²) >= 11 is 0. The van der Waals surface area contributed by atoms with Gasteiger partial charge in [0.25, 0.3) is 0 Å². The number of ether oxygens (including phenoxy) is 1. The second kappa shape index (κ2) is 6.08. The summed E-state index contributed by atoms with van der Waals surface area (Å²) in [6, 6.07) is 7.45. The highest BCUT2D eigenvalue weighted by Gasteiger charge is 2.17. The van der Waals surface area contributed by atoms with Crippen molar-refractivity contribution in [2.75, 3.05) is 6.61 Å². The molecule has 0 bridgehead atoms. The number of Topliss-reactive ketones (excluding diaryl/α,β-unsaturated/α-hetero) is 1. The summed E-state index contributed by atoms with van der Waals surface area (Å²) in [4.78, 5) is 21.8. The van der Waals surface area contributed by atoms with Crippen LogP contribution in [0, 0.1) is 21.7 Å². The fraction of sp³-hybridized carbons (Fsp3) is 0.0714. The third kappa shape index (κ3) is 3.59. The molecule has 0 amide bonds. The van der Waals surface area contributed by atoms with Crippen molar-refractivity contribution in [2.45, 2.75) is 0 Å². The first-order valence-electron chi connectivity index (χ1n) is 5.83. The van der Waals surface area contributed by atoms with Crippen molar-refractivity contribution in [2.24, 2.45) is 0 Å². The molecule has 2 rings (SSSR count). The molecular formula is C14H9F2NO4. The number of benzene rings is 2. The topological polar surface area (TPSA) is 69.4 Å². The Morgan fingerprint density at radius 3 is 2.33 bits per heavy atom. The number of nitro benzene ring substituents is 1. The summed E-state index contributed by atoms with van der Waals surface area (Å²) in [5, 5.41) is 10.8. The van der Waals surface area contributed by atoms with Gasteiger partial charge in [-0.15, -0.1) is 0 Å². The Morgan fingerprint density at radius 2 is 1.71 bits per heavy atom. The number of halogens is 2. The smallest absolute Gasteiger partial charge is 0.311 e. The van der Waals surface area contributed by atoms with Gasteiger partial charge in [-0.1, -0.05) is 0 Å². The molecule has 2 aromatic carbocycles. The van der Waals surface area contributed by atoms with Crippen LogP contribution in [0.15, 0.2) is 42.5 Å². The fourth-order valence-corrected chi connectivity index (χ4v) is 1.62. The Kier molecular flexibility index (Phi) is 4.22. The molecule has 0 saturated heterocycles. The van der Waals surface area contributed by atoms with Crippen molar-refractivity contribution in [1.82, 2.24) is 0 Å². The third-order valence-corrected chi connectivity index (χ3v) is 2.64. The minimum absolute atomic E-state index is 0.190. The van der Waals surface area contributed by atoms with E-state index in [4.69, 9.17) is 4.74 Å². The van der Waals surface area contributed by atoms with Gasteiger partial charge in [0.15, 0.2) is 18.1 Å². The minimum Gasteiger partial charge on any atom is -0.478 e. The van der Waals surface area contributed by atoms with E-state index < -0.39 is 34.6 Å². The van der Waals surface area contributed by atoms with Crippen molar-refractivity contribution >= 4 is 11.5 Å². The second-order valence-electron chi connectivity index (χ2n) is 4.09. The summed E-state index contributed by atoms with van der Waals surface area (Å²) in [6.45, 7) is -0.518. The van der Waals surface area contributed by atoms with Crippen LogP contribution in [0.1, 0.15) is 10.4 Å². The molecule has 0 saturated carbocycles. The van der Waals surface area contributed by atoms with Gasteiger partial charge in [-0.2, -0.15) is 0 Å². The monoisotopic (exact) mass is 293 g/mol. The molecule has 0 atom stereocenters. The third-order valence-electron chi connectivity index (χ3n) is 2.64. The van der Waals surface area contributed by atoms with Crippen LogP contribution in [0.2, 0.25) is 0 Å². The zero-order valence-electron chi connectivity index (χ0n) is 10.6. The number of hydrogen-bond donors (Lipinski definition) is 0. The molecule has 0 aliphatic carbocycles. The molecule has 0 spiro atoms. The first-order valence-corrected chi connectivity index (χ1v) is 5.83. The molecule has 21 heavy (non-hydrogen) atoms. The summed E-state index contributed by atoms with van der Waals surface area (Å²) in [5.41, 5.74) is -0.251. The molecule has 0 N–H and O–H groups in total. The number of rotatable bonds is 5. The number of ketones is 1. The van der Waals surface area contributed by atoms with Gasteiger partial charge < -0.3 is 4.74 Å². The highest BCUT2D eigenvalue weighted by molar-refractivity contribution is 5.97. The van der Waals surface area contributed by atoms with Crippen molar-refractivity contribution < 1.29 is 23.2 Å². The van der Waals surface area contributed by atoms with Gasteiger partial charge in [0, 0.05) is 17.7 Å². The van der Waals surface area contributed by atoms with Crippen LogP contribution in [0.25, 0.3) is 0 Å². The average molecular weight is 293 g/mol. The zero-order chi connectivity index (χ0) is 15.4. The minimum atomic E-state index is -0.739. The molecule has 108 valence electrons. The van der Waals surface area contributed by atoms with Gasteiger partial charge in [0.05, 0.1) is 4.92 Å². The van der Waals surface area contributed by atoms with Crippen LogP contribution >= 0.6 is 0 Å². The average Bonchev–Trinajstić information content (AvgIpc) is 2.45. The normalized spacial score (nSPS) is 10.2. The first-order chi connectivity index (χ1) is 9.97. The van der Waals surface area contributed by atoms with E-state index in [1.165, 1.54) is 12.1 Å². The number of hydrogen-bond acceptors (Lipinski definition) is 4. The Morgan fingerprint density at radius 1 is 1.10 bits per heavy atom. The SMILES string of the molecule is O=C(COc1cc(F)ccc1[N+](=O)[O-])c1ccc(F)cc1. The predicted octanol–water partition coefficient (Wildman–Crippen LogP) is 3.13. The number of nitrogens with zero attached hydrogens (tertiary/aromatic N) is 1. The Hall–Kier alpha value is -2.83. The van der Waals surface area contributed by atoms with Crippen LogP contribution in [-0.2, 0) is 0 Å². The van der Waals surface area contributed by atoms with E-state index >= 15 is 0 Å². The molecule has 2 aromatic rings. The fourth-order valence-electron chi connectivity index (χ4n) is 1.62. The van der Waals surface area contributed by atoms with E-state index in [1.807, 2.05) is 0 Å². The van der Waals surface area contributed by atoms with Crippen LogP contribution in [0.3, 0.4) is 0 Å². The molecule has 0 aliphatic heterocycles. The van der Waals surface area contributed by atoms with E-state index in [1.54, 1.807) is 0 Å². The zero-order valence-corrected chi connectivity index (χ0v) is 10.6. The molecule has 0 heterocycles. The van der Waals surface area contributed by atoms with E-state index in [-0.39, 0.29) is 11.3 Å². The molecule has 7 heteroatoms. The maximum absolute atomic E-state index is 13.1. The van der Waals surface area contributed by atoms with E-state index in [9.17, 15) is 23.7 Å². The van der Waals surface area contributed by atoms with Crippen LogP contribution in [0.5, 0.6) is 5.75 Å². The standard InChI is InChI=1S/C14H9F2NO4/c15-10-3-1-9(2-4-10)13(18)8-21-14-7-11(16)5-6-12(14)17(19)20/h1-7H,8H2. The predicted molar refractivity (Wildman–Crippen MR) is 69.3 cm³/mol. The molecule has 5 nitrogen and oxygen atoms in total. The number of carbonyl (C=O) groups excluding carboxylic acids is 1. The van der Waals surface area contributed by atoms with Gasteiger partial charge in [0.2, 0.25) is 0 Å². The first kappa shape index (κ1) is 14.6. The number of nitro groups is 1. The van der Waals surface area contributed by atoms with Crippen molar-refractivity contribution in [3.05, 3.63) is 69.8 Å². The highest BCUT2D eigenvalue weighted by atomic mass is 19.1. The molecule has 0 fully saturated rings. The van der Waals surface area contributed by atoms with Crippen molar-refractivity contribution in [1.29, 1.82) is 0 Å². The van der Waals surface area contributed by atoms with Gasteiger partial charge in [-0.3, -0.25) is 14.9 Å². The van der Waals surface area contributed by atoms with Crippen LogP contribution < -0.4 is 4.74 Å². The summed E-state index contributed by atoms with van der Waals surface area (Å²) in [7, 11) is 0. The molecular weight excluding hydrogens is 284 g/mol. The lowest BCUT2D eigenvalue weighted by Gasteiger charge is -2.06. The molecule has 0 aliphatic rings. The van der Waals surface area contributed by atoms with E-state index in [2.05, 4.69) is 0 Å². The summed E-state index contributed by atoms with van der Waals surface area (Å²) in [5.74, 6) is -2.05. The van der Waals surface area contributed by atoms with Gasteiger partial charge in [-0.05, 0) is 30.3 Å². The van der Waals surface area contributed by atoms with Crippen molar-refractivity contribution in [3.8, 4) is 5.75 Å². The lowest BCUT2D eigenvalue weighted by molar-refractivity contribution is -0.385. The Labute approximate surface area is 117 Å². The lowest BCUT2D eigenvalue weighted by atomic mass is 10.1. The quantitative estimate of drug-likeness (QED) is 0.482. The Balaban J connectivity index is 2.12. The van der Waals surface area contributed by atoms with Gasteiger partial charge in [-0.25, -0.2) is 8.78 Å². The lowest BCUT2D eigenvalue weighted by Crippen LogP contribution is -2.12. The summed E-state index contributed by atoms with van der Waals surface area (Å²) < 4.78 is 30.8. The maximum atomic E-state index is 13.1. The van der Waals surface area contributed by atoms with Crippen LogP contribution in [-0.4, -0.2) is 17.3 Å². The molecule has 0 unspecified atom stereocenters. The summed E-state index contributed by atoms with van der Waals surface area (Å²) in [6.07, 6.45) is 0.